The third-order valence-electron chi connectivity index (χ3n) is 4.30. The molecule has 23 heavy (non-hydrogen) atoms. The monoisotopic (exact) mass is 362 g/mol. The molecule has 1 amide bonds. The third-order valence-corrected chi connectivity index (χ3v) is 4.55. The van der Waals surface area contributed by atoms with Crippen molar-refractivity contribution in [1.29, 1.82) is 0 Å². The highest BCUT2D eigenvalue weighted by atomic mass is 35.5. The topological polar surface area (TPSA) is 73.6 Å². The van der Waals surface area contributed by atoms with Crippen molar-refractivity contribution < 1.29 is 14.3 Å². The predicted octanol–water partition coefficient (Wildman–Crippen LogP) is 2.32. The highest BCUT2D eigenvalue weighted by molar-refractivity contribution is 6.30. The van der Waals surface area contributed by atoms with Gasteiger partial charge in [-0.25, -0.2) is 0 Å². The van der Waals surface area contributed by atoms with Crippen molar-refractivity contribution in [2.24, 2.45) is 11.1 Å². The van der Waals surface area contributed by atoms with Crippen LogP contribution in [0.5, 0.6) is 0 Å². The summed E-state index contributed by atoms with van der Waals surface area (Å²) in [6.07, 6.45) is 1.11. The molecule has 0 spiro atoms. The fourth-order valence-electron chi connectivity index (χ4n) is 2.67. The van der Waals surface area contributed by atoms with E-state index in [4.69, 9.17) is 26.8 Å². The molecule has 1 fully saturated rings. The Bertz CT molecular complexity index is 491. The summed E-state index contributed by atoms with van der Waals surface area (Å²) < 4.78 is 10.8. The summed E-state index contributed by atoms with van der Waals surface area (Å²) >= 11 is 5.89. The van der Waals surface area contributed by atoms with Crippen molar-refractivity contribution in [1.82, 2.24) is 5.32 Å². The van der Waals surface area contributed by atoms with Gasteiger partial charge >= 0.3 is 0 Å². The fraction of sp³-hybridized carbons (Fsp3) is 0.562. The number of nitrogens with one attached hydrogen (secondary N) is 1. The number of hydrogen-bond acceptors (Lipinski definition) is 4. The maximum Gasteiger partial charge on any atom is 0.227 e. The number of benzene rings is 1. The Kier molecular flexibility index (Phi) is 8.29. The molecular weight excluding hydrogens is 339 g/mol. The van der Waals surface area contributed by atoms with Crippen molar-refractivity contribution in [2.75, 3.05) is 33.4 Å². The van der Waals surface area contributed by atoms with Crippen molar-refractivity contribution in [2.45, 2.75) is 18.9 Å². The second-order valence-electron chi connectivity index (χ2n) is 5.58. The van der Waals surface area contributed by atoms with Gasteiger partial charge in [-0.05, 0) is 30.5 Å². The maximum atomic E-state index is 12.5. The average Bonchev–Trinajstić information content (AvgIpc) is 2.57. The smallest absolute Gasteiger partial charge is 0.227 e. The Hall–Kier alpha value is -0.850. The average molecular weight is 363 g/mol. The standard InChI is InChI=1S/C16H23ClN2O3.ClH/c1-21-14(12-2-4-13(17)5-3-12)10-19-15(20)16(11-18)6-8-22-9-7-16;/h2-5,14H,6-11,18H2,1H3,(H,19,20);1H. The normalized spacial score (nSPS) is 17.9. The first kappa shape index (κ1) is 20.2. The molecule has 1 atom stereocenters. The molecule has 0 bridgehead atoms. The van der Waals surface area contributed by atoms with E-state index in [0.29, 0.717) is 44.2 Å². The van der Waals surface area contributed by atoms with Crippen LogP contribution < -0.4 is 11.1 Å². The van der Waals surface area contributed by atoms with E-state index in [1.54, 1.807) is 7.11 Å². The van der Waals surface area contributed by atoms with Gasteiger partial charge in [0.05, 0.1) is 11.5 Å². The molecular formula is C16H24Cl2N2O3. The molecule has 1 heterocycles. The largest absolute Gasteiger partial charge is 0.381 e. The van der Waals surface area contributed by atoms with Crippen LogP contribution in [0.4, 0.5) is 0 Å². The zero-order valence-electron chi connectivity index (χ0n) is 13.2. The first-order valence-electron chi connectivity index (χ1n) is 7.46. The predicted molar refractivity (Wildman–Crippen MR) is 93.0 cm³/mol. The van der Waals surface area contributed by atoms with E-state index < -0.39 is 5.41 Å². The van der Waals surface area contributed by atoms with Crippen molar-refractivity contribution in [3.63, 3.8) is 0 Å². The molecule has 1 saturated heterocycles. The Labute approximate surface area is 148 Å². The second-order valence-corrected chi connectivity index (χ2v) is 6.02. The van der Waals surface area contributed by atoms with Crippen molar-refractivity contribution in [3.8, 4) is 0 Å². The van der Waals surface area contributed by atoms with E-state index >= 15 is 0 Å². The molecule has 1 aromatic rings. The Morgan fingerprint density at radius 3 is 2.52 bits per heavy atom. The van der Waals surface area contributed by atoms with E-state index in [0.717, 1.165) is 5.56 Å². The Morgan fingerprint density at radius 2 is 2.00 bits per heavy atom. The lowest BCUT2D eigenvalue weighted by atomic mass is 9.79. The number of hydrogen-bond donors (Lipinski definition) is 2. The summed E-state index contributed by atoms with van der Waals surface area (Å²) in [7, 11) is 1.62. The Morgan fingerprint density at radius 1 is 1.39 bits per heavy atom. The van der Waals surface area contributed by atoms with E-state index in [2.05, 4.69) is 5.32 Å². The minimum Gasteiger partial charge on any atom is -0.381 e. The van der Waals surface area contributed by atoms with Gasteiger partial charge in [0.2, 0.25) is 5.91 Å². The number of halogens is 2. The number of carbonyl (C=O) groups excluding carboxylic acids is 1. The van der Waals surface area contributed by atoms with Gasteiger partial charge in [-0.15, -0.1) is 12.4 Å². The van der Waals surface area contributed by atoms with Gasteiger partial charge in [-0.2, -0.15) is 0 Å². The van der Waals surface area contributed by atoms with Crippen LogP contribution in [0.3, 0.4) is 0 Å². The highest BCUT2D eigenvalue weighted by Gasteiger charge is 2.38. The summed E-state index contributed by atoms with van der Waals surface area (Å²) in [6.45, 7) is 1.89. The minimum absolute atomic E-state index is 0. The fourth-order valence-corrected chi connectivity index (χ4v) is 2.80. The van der Waals surface area contributed by atoms with Crippen LogP contribution in [0.2, 0.25) is 5.02 Å². The van der Waals surface area contributed by atoms with E-state index in [-0.39, 0.29) is 24.4 Å². The van der Waals surface area contributed by atoms with Crippen LogP contribution in [0.15, 0.2) is 24.3 Å². The van der Waals surface area contributed by atoms with Crippen LogP contribution in [-0.4, -0.2) is 39.3 Å². The minimum atomic E-state index is -0.517. The summed E-state index contributed by atoms with van der Waals surface area (Å²) in [5.74, 6) is -0.0192. The molecule has 1 aliphatic heterocycles. The number of carbonyl (C=O) groups is 1. The van der Waals surface area contributed by atoms with Crippen LogP contribution in [-0.2, 0) is 14.3 Å². The number of rotatable bonds is 6. The lowest BCUT2D eigenvalue weighted by Crippen LogP contribution is -2.50. The Balaban J connectivity index is 0.00000264. The third kappa shape index (κ3) is 5.06. The molecule has 1 aliphatic rings. The molecule has 130 valence electrons. The van der Waals surface area contributed by atoms with Crippen LogP contribution in [0.1, 0.15) is 24.5 Å². The zero-order chi connectivity index (χ0) is 16.0. The molecule has 0 aliphatic carbocycles. The number of methoxy groups -OCH3 is 1. The maximum absolute atomic E-state index is 12.5. The first-order valence-corrected chi connectivity index (χ1v) is 7.83. The SMILES string of the molecule is COC(CNC(=O)C1(CN)CCOCC1)c1ccc(Cl)cc1.Cl. The summed E-state index contributed by atoms with van der Waals surface area (Å²) in [4.78, 5) is 12.5. The molecule has 0 aromatic heterocycles. The van der Waals surface area contributed by atoms with Gasteiger partial charge in [0.1, 0.15) is 0 Å². The molecule has 5 nitrogen and oxygen atoms in total. The van der Waals surface area contributed by atoms with Gasteiger partial charge < -0.3 is 20.5 Å². The van der Waals surface area contributed by atoms with Crippen LogP contribution in [0, 0.1) is 5.41 Å². The molecule has 1 unspecified atom stereocenters. The zero-order valence-corrected chi connectivity index (χ0v) is 14.8. The molecule has 0 saturated carbocycles. The summed E-state index contributed by atoms with van der Waals surface area (Å²) in [5, 5.41) is 3.65. The van der Waals surface area contributed by atoms with E-state index in [1.165, 1.54) is 0 Å². The van der Waals surface area contributed by atoms with Crippen molar-refractivity contribution in [3.05, 3.63) is 34.9 Å². The van der Waals surface area contributed by atoms with Crippen molar-refractivity contribution >= 4 is 29.9 Å². The first-order chi connectivity index (χ1) is 10.6. The molecule has 3 N–H and O–H groups in total. The van der Waals surface area contributed by atoms with Gasteiger partial charge in [-0.3, -0.25) is 4.79 Å². The number of nitrogens with two attached hydrogens (primary N) is 1. The highest BCUT2D eigenvalue weighted by Crippen LogP contribution is 2.29. The van der Waals surface area contributed by atoms with Gasteiger partial charge in [0.15, 0.2) is 0 Å². The lowest BCUT2D eigenvalue weighted by Gasteiger charge is -2.35. The number of ether oxygens (including phenoxy) is 2. The number of amides is 1. The van der Waals surface area contributed by atoms with E-state index in [9.17, 15) is 4.79 Å². The summed E-state index contributed by atoms with van der Waals surface area (Å²) in [5.41, 5.74) is 6.30. The molecule has 7 heteroatoms. The second kappa shape index (κ2) is 9.45. The lowest BCUT2D eigenvalue weighted by molar-refractivity contribution is -0.136. The van der Waals surface area contributed by atoms with Gasteiger partial charge in [0.25, 0.3) is 0 Å². The van der Waals surface area contributed by atoms with Gasteiger partial charge in [-0.1, -0.05) is 23.7 Å². The van der Waals surface area contributed by atoms with Crippen LogP contribution in [0.25, 0.3) is 0 Å². The molecule has 1 aromatic carbocycles. The van der Waals surface area contributed by atoms with E-state index in [1.807, 2.05) is 24.3 Å². The molecule has 0 radical (unpaired) electrons. The molecule has 2 rings (SSSR count). The quantitative estimate of drug-likeness (QED) is 0.814. The van der Waals surface area contributed by atoms with Crippen LogP contribution >= 0.6 is 24.0 Å². The summed E-state index contributed by atoms with van der Waals surface area (Å²) in [6, 6.07) is 7.42. The van der Waals surface area contributed by atoms with Gasteiger partial charge in [0, 0.05) is 38.4 Å².